The summed E-state index contributed by atoms with van der Waals surface area (Å²) in [4.78, 5) is 0. The van der Waals surface area contributed by atoms with Gasteiger partial charge in [0.05, 0.1) is 12.0 Å². The van der Waals surface area contributed by atoms with Crippen LogP contribution in [-0.4, -0.2) is 17.4 Å². The fraction of sp³-hybridized carbons (Fsp3) is 1.00. The van der Waals surface area contributed by atoms with E-state index in [9.17, 15) is 18.3 Å². The van der Waals surface area contributed by atoms with Gasteiger partial charge in [-0.05, 0) is 106 Å². The highest BCUT2D eigenvalue weighted by molar-refractivity contribution is 5.07. The number of aliphatic hydroxyl groups is 1. The third kappa shape index (κ3) is 2.85. The van der Waals surface area contributed by atoms with Gasteiger partial charge in [-0.3, -0.25) is 0 Å². The van der Waals surface area contributed by atoms with Crippen molar-refractivity contribution in [1.29, 1.82) is 0 Å². The van der Waals surface area contributed by atoms with Crippen molar-refractivity contribution in [3.8, 4) is 0 Å². The lowest BCUT2D eigenvalue weighted by Gasteiger charge is -2.56. The standard InChI is InChI=1S/C21H33F3O/c1-12(25)18-7-8-19-17-5-3-13-11-14(21(22,23)24)4-6-15(13)16(17)9-10-20(18,19)2/h12-19,25H,3-11H2,1-2H3. The van der Waals surface area contributed by atoms with Gasteiger partial charge in [0.1, 0.15) is 0 Å². The molecular weight excluding hydrogens is 325 g/mol. The minimum absolute atomic E-state index is 0.231. The maximum absolute atomic E-state index is 13.2. The SMILES string of the molecule is CC(O)C1CCC2C3CCC4CC(C(F)(F)F)CCC4C3CCC12C. The molecule has 0 aromatic carbocycles. The van der Waals surface area contributed by atoms with Crippen LogP contribution in [-0.2, 0) is 0 Å². The van der Waals surface area contributed by atoms with E-state index < -0.39 is 12.1 Å². The third-order valence-corrected chi connectivity index (χ3v) is 9.07. The van der Waals surface area contributed by atoms with Crippen LogP contribution in [0.1, 0.15) is 71.6 Å². The van der Waals surface area contributed by atoms with Gasteiger partial charge in [-0.1, -0.05) is 6.92 Å². The molecule has 144 valence electrons. The Morgan fingerprint density at radius 2 is 1.64 bits per heavy atom. The summed E-state index contributed by atoms with van der Waals surface area (Å²) in [7, 11) is 0. The summed E-state index contributed by atoms with van der Waals surface area (Å²) in [5, 5.41) is 10.2. The number of rotatable bonds is 1. The number of hydrogen-bond donors (Lipinski definition) is 1. The minimum atomic E-state index is -4.00. The van der Waals surface area contributed by atoms with Crippen molar-refractivity contribution in [1.82, 2.24) is 0 Å². The Labute approximate surface area is 149 Å². The Morgan fingerprint density at radius 3 is 2.32 bits per heavy atom. The molecule has 0 bridgehead atoms. The van der Waals surface area contributed by atoms with Crippen LogP contribution in [0.25, 0.3) is 0 Å². The molecule has 0 heterocycles. The van der Waals surface area contributed by atoms with Gasteiger partial charge in [-0.15, -0.1) is 0 Å². The molecule has 9 atom stereocenters. The Hall–Kier alpha value is -0.250. The van der Waals surface area contributed by atoms with Crippen molar-refractivity contribution >= 4 is 0 Å². The molecule has 0 aliphatic heterocycles. The lowest BCUT2D eigenvalue weighted by Crippen LogP contribution is -2.50. The number of hydrogen-bond acceptors (Lipinski definition) is 1. The van der Waals surface area contributed by atoms with E-state index in [4.69, 9.17) is 0 Å². The van der Waals surface area contributed by atoms with Gasteiger partial charge in [0, 0.05) is 0 Å². The summed E-state index contributed by atoms with van der Waals surface area (Å²) in [5.41, 5.74) is 0.255. The second-order valence-electron chi connectivity index (χ2n) is 9.96. The molecule has 4 aliphatic carbocycles. The van der Waals surface area contributed by atoms with Crippen LogP contribution < -0.4 is 0 Å². The second-order valence-corrected chi connectivity index (χ2v) is 9.96. The molecule has 4 saturated carbocycles. The summed E-state index contributed by atoms with van der Waals surface area (Å²) >= 11 is 0. The van der Waals surface area contributed by atoms with Crippen LogP contribution in [0.2, 0.25) is 0 Å². The monoisotopic (exact) mass is 358 g/mol. The number of fused-ring (bicyclic) bond motifs is 5. The highest BCUT2D eigenvalue weighted by atomic mass is 19.4. The van der Waals surface area contributed by atoms with Gasteiger partial charge in [-0.2, -0.15) is 13.2 Å². The van der Waals surface area contributed by atoms with Crippen molar-refractivity contribution in [2.45, 2.75) is 83.9 Å². The first-order valence-corrected chi connectivity index (χ1v) is 10.5. The van der Waals surface area contributed by atoms with E-state index in [0.717, 1.165) is 25.7 Å². The van der Waals surface area contributed by atoms with Crippen molar-refractivity contribution in [3.05, 3.63) is 0 Å². The van der Waals surface area contributed by atoms with Crippen molar-refractivity contribution < 1.29 is 18.3 Å². The molecule has 1 N–H and O–H groups in total. The molecule has 0 radical (unpaired) electrons. The fourth-order valence-corrected chi connectivity index (χ4v) is 7.98. The molecule has 9 unspecified atom stereocenters. The van der Waals surface area contributed by atoms with Crippen molar-refractivity contribution in [2.75, 3.05) is 0 Å². The van der Waals surface area contributed by atoms with Crippen molar-refractivity contribution in [3.63, 3.8) is 0 Å². The van der Waals surface area contributed by atoms with Gasteiger partial charge in [0.2, 0.25) is 0 Å². The largest absolute Gasteiger partial charge is 0.393 e. The first-order chi connectivity index (χ1) is 11.7. The lowest BCUT2D eigenvalue weighted by molar-refractivity contribution is -0.196. The number of aliphatic hydroxyl groups excluding tert-OH is 1. The average Bonchev–Trinajstić information content (AvgIpc) is 2.90. The zero-order valence-electron chi connectivity index (χ0n) is 15.6. The summed E-state index contributed by atoms with van der Waals surface area (Å²) in [6, 6.07) is 0. The number of halogens is 3. The fourth-order valence-electron chi connectivity index (χ4n) is 7.98. The molecule has 0 saturated heterocycles. The Morgan fingerprint density at radius 1 is 0.920 bits per heavy atom. The van der Waals surface area contributed by atoms with Crippen LogP contribution >= 0.6 is 0 Å². The van der Waals surface area contributed by atoms with Gasteiger partial charge in [-0.25, -0.2) is 0 Å². The maximum atomic E-state index is 13.2. The molecule has 0 spiro atoms. The summed E-state index contributed by atoms with van der Waals surface area (Å²) < 4.78 is 39.5. The topological polar surface area (TPSA) is 20.2 Å². The molecule has 4 heteroatoms. The van der Waals surface area contributed by atoms with E-state index in [1.54, 1.807) is 0 Å². The highest BCUT2D eigenvalue weighted by Crippen LogP contribution is 2.65. The van der Waals surface area contributed by atoms with E-state index in [1.165, 1.54) is 19.3 Å². The van der Waals surface area contributed by atoms with E-state index in [2.05, 4.69) is 6.92 Å². The first-order valence-electron chi connectivity index (χ1n) is 10.5. The average molecular weight is 358 g/mol. The smallest absolute Gasteiger partial charge is 0.391 e. The van der Waals surface area contributed by atoms with Gasteiger partial charge < -0.3 is 5.11 Å². The van der Waals surface area contributed by atoms with E-state index in [-0.39, 0.29) is 11.5 Å². The molecular formula is C21H33F3O. The Kier molecular flexibility index (Phi) is 4.45. The number of alkyl halides is 3. The predicted octanol–water partition coefficient (Wildman–Crippen LogP) is 5.81. The van der Waals surface area contributed by atoms with Crippen LogP contribution in [0, 0.1) is 46.8 Å². The lowest BCUT2D eigenvalue weighted by atomic mass is 9.49. The normalized spacial score (nSPS) is 51.4. The molecule has 4 fully saturated rings. The molecule has 0 amide bonds. The summed E-state index contributed by atoms with van der Waals surface area (Å²) in [6.45, 7) is 4.34. The van der Waals surface area contributed by atoms with Crippen LogP contribution in [0.4, 0.5) is 13.2 Å². The Balaban J connectivity index is 1.50. The van der Waals surface area contributed by atoms with Gasteiger partial charge in [0.15, 0.2) is 0 Å². The first kappa shape index (κ1) is 18.1. The maximum Gasteiger partial charge on any atom is 0.391 e. The van der Waals surface area contributed by atoms with Crippen LogP contribution in [0.3, 0.4) is 0 Å². The van der Waals surface area contributed by atoms with Gasteiger partial charge >= 0.3 is 6.18 Å². The molecule has 1 nitrogen and oxygen atoms in total. The van der Waals surface area contributed by atoms with E-state index >= 15 is 0 Å². The highest BCUT2D eigenvalue weighted by Gasteiger charge is 2.58. The molecule has 0 aromatic rings. The second kappa shape index (κ2) is 6.14. The predicted molar refractivity (Wildman–Crippen MR) is 91.8 cm³/mol. The van der Waals surface area contributed by atoms with E-state index in [1.807, 2.05) is 6.92 Å². The molecule has 4 rings (SSSR count). The third-order valence-electron chi connectivity index (χ3n) is 9.07. The Bertz CT molecular complexity index is 502. The molecule has 4 aliphatic rings. The van der Waals surface area contributed by atoms with Crippen LogP contribution in [0.15, 0.2) is 0 Å². The van der Waals surface area contributed by atoms with Crippen molar-refractivity contribution in [2.24, 2.45) is 46.8 Å². The summed E-state index contributed by atoms with van der Waals surface area (Å²) in [5.74, 6) is 2.24. The zero-order valence-corrected chi connectivity index (χ0v) is 15.6. The minimum Gasteiger partial charge on any atom is -0.393 e. The van der Waals surface area contributed by atoms with Gasteiger partial charge in [0.25, 0.3) is 0 Å². The van der Waals surface area contributed by atoms with Crippen LogP contribution in [0.5, 0.6) is 0 Å². The zero-order chi connectivity index (χ0) is 18.0. The van der Waals surface area contributed by atoms with E-state index in [0.29, 0.717) is 48.3 Å². The summed E-state index contributed by atoms with van der Waals surface area (Å²) in [6.07, 6.45) is 4.13. The molecule has 25 heavy (non-hydrogen) atoms. The molecule has 0 aromatic heterocycles. The quantitative estimate of drug-likeness (QED) is 0.627.